The Balaban J connectivity index is 0. The van der Waals surface area contributed by atoms with E-state index in [0.717, 1.165) is 24.3 Å². The van der Waals surface area contributed by atoms with E-state index in [9.17, 15) is 35.5 Å². The zero-order chi connectivity index (χ0) is 21.5. The summed E-state index contributed by atoms with van der Waals surface area (Å²) < 4.78 is 72.3. The number of hydrogen-bond acceptors (Lipinski definition) is 10. The van der Waals surface area contributed by atoms with Gasteiger partial charge in [0, 0.05) is 0 Å². The second-order valence-corrected chi connectivity index (χ2v) is 7.71. The Hall–Kier alpha value is -0.800. The molecule has 0 spiro atoms. The molecule has 14 heteroatoms. The first-order valence-electron chi connectivity index (χ1n) is 7.18. The summed E-state index contributed by atoms with van der Waals surface area (Å²) in [5.41, 5.74) is 0.0638. The van der Waals surface area contributed by atoms with Crippen LogP contribution in [-0.2, 0) is 29.7 Å². The van der Waals surface area contributed by atoms with Crippen LogP contribution in [0, 0.1) is 0 Å². The first-order valence-corrected chi connectivity index (χ1v) is 10.0. The smallest absolute Gasteiger partial charge is 0.744 e. The predicted octanol–water partition coefficient (Wildman–Crippen LogP) is -5.24. The average Bonchev–Trinajstić information content (AvgIpc) is 2.66. The van der Waals surface area contributed by atoms with E-state index < -0.39 is 42.0 Å². The van der Waals surface area contributed by atoms with Gasteiger partial charge in [-0.05, 0) is 36.4 Å². The maximum absolute atomic E-state index is 11.0. The van der Waals surface area contributed by atoms with Gasteiger partial charge < -0.3 is 18.6 Å². The van der Waals surface area contributed by atoms with Crippen LogP contribution in [0.3, 0.4) is 0 Å². The van der Waals surface area contributed by atoms with E-state index in [2.05, 4.69) is 9.47 Å². The van der Waals surface area contributed by atoms with Crippen molar-refractivity contribution in [1.29, 1.82) is 0 Å². The normalized spacial score (nSPS) is 10.3. The molecule has 0 unspecified atom stereocenters. The molecule has 2 aromatic rings. The molecule has 0 saturated heterocycles. The Labute approximate surface area is 218 Å². The topological polar surface area (TPSA) is 167 Å². The van der Waals surface area contributed by atoms with Crippen molar-refractivity contribution >= 4 is 32.2 Å². The fraction of sp³-hybridized carbons (Fsp3) is 0.125. The predicted molar refractivity (Wildman–Crippen MR) is 91.5 cm³/mol. The summed E-state index contributed by atoms with van der Waals surface area (Å²) in [5.74, 6) is -1.37. The SMILES string of the molecule is COC(=O)c1cccc(S(=O)(=O)[O-])c1.COC(=O)c1cccc(S(=O)(=O)[O-])c1.[Na+].[Na+]. The largest absolute Gasteiger partial charge is 1.00 e. The minimum atomic E-state index is -4.52. The summed E-state index contributed by atoms with van der Waals surface area (Å²) >= 11 is 0. The number of hydrogen-bond donors (Lipinski definition) is 0. The number of benzene rings is 2. The van der Waals surface area contributed by atoms with Crippen LogP contribution in [0.2, 0.25) is 0 Å². The molecule has 0 fully saturated rings. The van der Waals surface area contributed by atoms with Gasteiger partial charge in [-0.3, -0.25) is 0 Å². The minimum Gasteiger partial charge on any atom is -0.744 e. The quantitative estimate of drug-likeness (QED) is 0.236. The van der Waals surface area contributed by atoms with Crippen LogP contribution in [0.15, 0.2) is 58.3 Å². The molecule has 0 bridgehead atoms. The zero-order valence-corrected chi connectivity index (χ0v) is 22.2. The molecular formula is C16H14Na2O10S2. The van der Waals surface area contributed by atoms with Crippen molar-refractivity contribution in [3.05, 3.63) is 59.7 Å². The number of carbonyl (C=O) groups excluding carboxylic acids is 2. The van der Waals surface area contributed by atoms with Gasteiger partial charge in [0.2, 0.25) is 0 Å². The second kappa shape index (κ2) is 13.6. The molecule has 0 radical (unpaired) electrons. The van der Waals surface area contributed by atoms with Gasteiger partial charge in [-0.2, -0.15) is 0 Å². The van der Waals surface area contributed by atoms with E-state index in [4.69, 9.17) is 0 Å². The summed E-state index contributed by atoms with van der Waals surface area (Å²) in [7, 11) is -6.71. The monoisotopic (exact) mass is 476 g/mol. The second-order valence-electron chi connectivity index (χ2n) is 4.95. The van der Waals surface area contributed by atoms with E-state index in [1.54, 1.807) is 0 Å². The Morgan fingerprint density at radius 3 is 1.23 bits per heavy atom. The third-order valence-corrected chi connectivity index (χ3v) is 4.75. The van der Waals surface area contributed by atoms with Crippen molar-refractivity contribution < 1.29 is 104 Å². The molecule has 2 aromatic carbocycles. The van der Waals surface area contributed by atoms with E-state index >= 15 is 0 Å². The van der Waals surface area contributed by atoms with Gasteiger partial charge >= 0.3 is 71.1 Å². The number of rotatable bonds is 4. The number of esters is 2. The molecule has 0 atom stereocenters. The summed E-state index contributed by atoms with van der Waals surface area (Å²) in [4.78, 5) is 21.1. The molecule has 0 aliphatic rings. The van der Waals surface area contributed by atoms with E-state index in [1.165, 1.54) is 38.5 Å². The van der Waals surface area contributed by atoms with Crippen LogP contribution < -0.4 is 59.1 Å². The van der Waals surface area contributed by atoms with Crippen LogP contribution in [0.25, 0.3) is 0 Å². The van der Waals surface area contributed by atoms with Gasteiger partial charge in [-0.15, -0.1) is 0 Å². The summed E-state index contributed by atoms with van der Waals surface area (Å²) in [5, 5.41) is 0. The molecule has 0 saturated carbocycles. The van der Waals surface area contributed by atoms with Gasteiger partial charge in [-0.1, -0.05) is 12.1 Å². The van der Waals surface area contributed by atoms with Crippen molar-refractivity contribution in [3.63, 3.8) is 0 Å². The first-order chi connectivity index (χ1) is 12.9. The molecule has 0 N–H and O–H groups in total. The zero-order valence-electron chi connectivity index (χ0n) is 16.5. The van der Waals surface area contributed by atoms with Crippen molar-refractivity contribution in [1.82, 2.24) is 0 Å². The molecule has 10 nitrogen and oxygen atoms in total. The van der Waals surface area contributed by atoms with Crippen molar-refractivity contribution in [2.45, 2.75) is 9.79 Å². The first kappa shape index (κ1) is 31.4. The van der Waals surface area contributed by atoms with Gasteiger partial charge in [-0.25, -0.2) is 26.4 Å². The fourth-order valence-corrected chi connectivity index (χ4v) is 2.83. The summed E-state index contributed by atoms with van der Waals surface area (Å²) in [6, 6.07) is 9.53. The van der Waals surface area contributed by atoms with Gasteiger partial charge in [0.05, 0.1) is 35.1 Å². The van der Waals surface area contributed by atoms with Gasteiger partial charge in [0.15, 0.2) is 0 Å². The van der Waals surface area contributed by atoms with Gasteiger partial charge in [0.25, 0.3) is 0 Å². The summed E-state index contributed by atoms with van der Waals surface area (Å²) in [6.45, 7) is 0. The average molecular weight is 476 g/mol. The van der Waals surface area contributed by atoms with E-state index in [0.29, 0.717) is 0 Å². The third kappa shape index (κ3) is 10.0. The van der Waals surface area contributed by atoms with Crippen LogP contribution in [0.5, 0.6) is 0 Å². The molecule has 30 heavy (non-hydrogen) atoms. The molecule has 2 rings (SSSR count). The number of methoxy groups -OCH3 is 2. The van der Waals surface area contributed by atoms with Crippen LogP contribution >= 0.6 is 0 Å². The third-order valence-electron chi connectivity index (χ3n) is 3.09. The minimum absolute atomic E-state index is 0. The molecule has 0 aliphatic carbocycles. The number of ether oxygens (including phenoxy) is 2. The Morgan fingerprint density at radius 2 is 1.00 bits per heavy atom. The molecule has 152 valence electrons. The van der Waals surface area contributed by atoms with Gasteiger partial charge in [0.1, 0.15) is 20.2 Å². The fourth-order valence-electron chi connectivity index (χ4n) is 1.79. The van der Waals surface area contributed by atoms with Crippen LogP contribution in [0.4, 0.5) is 0 Å². The Bertz CT molecular complexity index is 995. The van der Waals surface area contributed by atoms with Crippen molar-refractivity contribution in [2.24, 2.45) is 0 Å². The standard InChI is InChI=1S/2C8H8O5S.2Na/c2*1-13-8(9)6-3-2-4-7(5-6)14(10,11)12;;/h2*2-5H,1H3,(H,10,11,12);;/q;;2*+1/p-2. The Kier molecular flexibility index (Phi) is 14.2. The Morgan fingerprint density at radius 1 is 0.700 bits per heavy atom. The molecule has 0 heterocycles. The summed E-state index contributed by atoms with van der Waals surface area (Å²) in [6.07, 6.45) is 0. The van der Waals surface area contributed by atoms with E-state index in [1.807, 2.05) is 0 Å². The molecule has 0 aliphatic heterocycles. The maximum Gasteiger partial charge on any atom is 1.00 e. The maximum atomic E-state index is 11.0. The number of carbonyl (C=O) groups is 2. The van der Waals surface area contributed by atoms with Crippen LogP contribution in [-0.4, -0.2) is 52.1 Å². The van der Waals surface area contributed by atoms with E-state index in [-0.39, 0.29) is 70.2 Å². The van der Waals surface area contributed by atoms with Crippen LogP contribution in [0.1, 0.15) is 20.7 Å². The molecule has 0 amide bonds. The molecular weight excluding hydrogens is 462 g/mol. The van der Waals surface area contributed by atoms with Crippen molar-refractivity contribution in [2.75, 3.05) is 14.2 Å². The molecule has 0 aromatic heterocycles. The van der Waals surface area contributed by atoms with Crippen molar-refractivity contribution in [3.8, 4) is 0 Å².